The lowest BCUT2D eigenvalue weighted by molar-refractivity contribution is -0.148. The molecule has 0 unspecified atom stereocenters. The van der Waals surface area contributed by atoms with Crippen molar-refractivity contribution in [1.82, 2.24) is 19.5 Å². The number of hydrogen-bond acceptors (Lipinski definition) is 11. The van der Waals surface area contributed by atoms with Gasteiger partial charge in [-0.15, -0.1) is 0 Å². The highest BCUT2D eigenvalue weighted by Gasteiger charge is 2.41. The zero-order valence-electron chi connectivity index (χ0n) is 25.4. The Kier molecular flexibility index (Phi) is 8.81. The van der Waals surface area contributed by atoms with Crippen LogP contribution >= 0.6 is 0 Å². The van der Waals surface area contributed by atoms with Crippen molar-refractivity contribution in [2.24, 2.45) is 5.92 Å². The third-order valence-electron chi connectivity index (χ3n) is 8.18. The molecule has 2 aliphatic rings. The fourth-order valence-corrected chi connectivity index (χ4v) is 6.02. The molecule has 0 spiro atoms. The largest absolute Gasteiger partial charge is 0.493 e. The summed E-state index contributed by atoms with van der Waals surface area (Å²) in [5, 5.41) is 0. The predicted octanol–water partition coefficient (Wildman–Crippen LogP) is 4.73. The van der Waals surface area contributed by atoms with E-state index in [2.05, 4.69) is 15.0 Å². The van der Waals surface area contributed by atoms with E-state index in [-0.39, 0.29) is 13.4 Å². The number of aryl methyl sites for hydroxylation is 1. The molecule has 0 bridgehead atoms. The Labute approximate surface area is 259 Å². The molecule has 4 aromatic rings. The van der Waals surface area contributed by atoms with Gasteiger partial charge in [-0.1, -0.05) is 6.42 Å². The van der Waals surface area contributed by atoms with Crippen molar-refractivity contribution in [3.63, 3.8) is 0 Å². The molecule has 0 amide bonds. The maximum Gasteiger partial charge on any atom is 0.314 e. The van der Waals surface area contributed by atoms with Gasteiger partial charge < -0.3 is 33.0 Å². The molecule has 2 aromatic heterocycles. The summed E-state index contributed by atoms with van der Waals surface area (Å²) in [5.74, 6) is 0.431. The predicted molar refractivity (Wildman–Crippen MR) is 163 cm³/mol. The summed E-state index contributed by atoms with van der Waals surface area (Å²) in [6.07, 6.45) is 10.9. The quantitative estimate of drug-likeness (QED) is 0.118. The lowest BCUT2D eigenvalue weighted by atomic mass is 9.71. The third-order valence-corrected chi connectivity index (χ3v) is 8.18. The van der Waals surface area contributed by atoms with Crippen LogP contribution in [-0.2, 0) is 20.9 Å². The second-order valence-electron chi connectivity index (χ2n) is 10.8. The van der Waals surface area contributed by atoms with Gasteiger partial charge in [0.1, 0.15) is 18.1 Å². The van der Waals surface area contributed by atoms with Crippen molar-refractivity contribution in [3.05, 3.63) is 65.4 Å². The number of benzene rings is 2. The minimum atomic E-state index is -0.908. The van der Waals surface area contributed by atoms with Gasteiger partial charge in [0.05, 0.1) is 46.4 Å². The zero-order valence-corrected chi connectivity index (χ0v) is 25.4. The minimum absolute atomic E-state index is 0.0933. The highest BCUT2D eigenvalue weighted by molar-refractivity contribution is 5.95. The Morgan fingerprint density at radius 2 is 1.73 bits per heavy atom. The molecular formula is C33H34N4O8. The van der Waals surface area contributed by atoms with Crippen molar-refractivity contribution < 1.29 is 38.0 Å². The summed E-state index contributed by atoms with van der Waals surface area (Å²) >= 11 is 0. The highest BCUT2D eigenvalue weighted by atomic mass is 16.7. The SMILES string of the molecule is COc1cc([C@@H]2c3cc4c(cc3C=C(C=O)[C@H]2C(=O)OCCCCCCn2cnc3cncnc32)OCO4)cc(OC)c1OC. The number of unbranched alkanes of at least 4 members (excludes halogenated alkanes) is 3. The first-order valence-electron chi connectivity index (χ1n) is 14.7. The summed E-state index contributed by atoms with van der Waals surface area (Å²) in [6.45, 7) is 1.12. The molecule has 12 heteroatoms. The van der Waals surface area contributed by atoms with E-state index in [0.717, 1.165) is 54.4 Å². The van der Waals surface area contributed by atoms with Crippen molar-refractivity contribution in [2.45, 2.75) is 38.1 Å². The summed E-state index contributed by atoms with van der Waals surface area (Å²) < 4.78 is 35.9. The van der Waals surface area contributed by atoms with Gasteiger partial charge in [-0.25, -0.2) is 15.0 Å². The number of rotatable bonds is 13. The summed E-state index contributed by atoms with van der Waals surface area (Å²) in [5.41, 5.74) is 4.13. The highest BCUT2D eigenvalue weighted by Crippen LogP contribution is 2.50. The molecule has 0 radical (unpaired) electrons. The average Bonchev–Trinajstić information content (AvgIpc) is 3.71. The van der Waals surface area contributed by atoms with Gasteiger partial charge in [-0.05, 0) is 66.3 Å². The Morgan fingerprint density at radius 3 is 2.47 bits per heavy atom. The zero-order chi connectivity index (χ0) is 31.3. The van der Waals surface area contributed by atoms with Gasteiger partial charge in [0.25, 0.3) is 0 Å². The van der Waals surface area contributed by atoms with Crippen LogP contribution in [0.5, 0.6) is 28.7 Å². The number of imidazole rings is 1. The van der Waals surface area contributed by atoms with Crippen molar-refractivity contribution >= 4 is 29.5 Å². The molecule has 12 nitrogen and oxygen atoms in total. The Balaban J connectivity index is 1.19. The molecule has 0 fully saturated rings. The molecule has 0 saturated heterocycles. The molecule has 45 heavy (non-hydrogen) atoms. The van der Waals surface area contributed by atoms with Gasteiger partial charge in [0.15, 0.2) is 28.6 Å². The number of carbonyl (C=O) groups excluding carboxylic acids is 2. The van der Waals surface area contributed by atoms with E-state index < -0.39 is 17.8 Å². The van der Waals surface area contributed by atoms with E-state index in [1.54, 1.807) is 30.7 Å². The van der Waals surface area contributed by atoms with E-state index in [1.807, 2.05) is 16.7 Å². The summed E-state index contributed by atoms with van der Waals surface area (Å²) in [6, 6.07) is 7.28. The van der Waals surface area contributed by atoms with E-state index in [1.165, 1.54) is 27.7 Å². The number of fused-ring (bicyclic) bond motifs is 3. The number of methoxy groups -OCH3 is 3. The number of ether oxygens (including phenoxy) is 6. The molecule has 1 aliphatic heterocycles. The number of aromatic nitrogens is 4. The molecule has 2 aromatic carbocycles. The van der Waals surface area contributed by atoms with Crippen molar-refractivity contribution in [1.29, 1.82) is 0 Å². The molecule has 6 rings (SSSR count). The number of hydrogen-bond donors (Lipinski definition) is 0. The van der Waals surface area contributed by atoms with Gasteiger partial charge in [0, 0.05) is 18.0 Å². The van der Waals surface area contributed by atoms with Crippen LogP contribution in [0.15, 0.2) is 48.7 Å². The molecular weight excluding hydrogens is 580 g/mol. The van der Waals surface area contributed by atoms with Crippen LogP contribution < -0.4 is 23.7 Å². The first-order chi connectivity index (χ1) is 22.1. The normalized spacial score (nSPS) is 16.6. The minimum Gasteiger partial charge on any atom is -0.493 e. The van der Waals surface area contributed by atoms with Crippen LogP contribution in [0.3, 0.4) is 0 Å². The first-order valence-corrected chi connectivity index (χ1v) is 14.7. The summed E-state index contributed by atoms with van der Waals surface area (Å²) in [4.78, 5) is 38.9. The maximum absolute atomic E-state index is 13.8. The second-order valence-corrected chi connectivity index (χ2v) is 10.8. The van der Waals surface area contributed by atoms with Crippen LogP contribution in [0.2, 0.25) is 0 Å². The third kappa shape index (κ3) is 5.87. The topological polar surface area (TPSA) is 133 Å². The van der Waals surface area contributed by atoms with Crippen molar-refractivity contribution in [2.75, 3.05) is 34.7 Å². The second kappa shape index (κ2) is 13.2. The first kappa shape index (κ1) is 29.9. The number of carbonyl (C=O) groups is 2. The van der Waals surface area contributed by atoms with Crippen LogP contribution in [0.25, 0.3) is 17.2 Å². The van der Waals surface area contributed by atoms with Crippen molar-refractivity contribution in [3.8, 4) is 28.7 Å². The van der Waals surface area contributed by atoms with E-state index in [4.69, 9.17) is 28.4 Å². The molecule has 234 valence electrons. The molecule has 0 N–H and O–H groups in total. The monoisotopic (exact) mass is 614 g/mol. The Bertz CT molecular complexity index is 1730. The fraction of sp³-hybridized carbons (Fsp3) is 0.364. The lowest BCUT2D eigenvalue weighted by Gasteiger charge is -2.32. The van der Waals surface area contributed by atoms with E-state index >= 15 is 0 Å². The lowest BCUT2D eigenvalue weighted by Crippen LogP contribution is -2.31. The molecule has 1 aliphatic carbocycles. The molecule has 0 saturated carbocycles. The van der Waals surface area contributed by atoms with Crippen LogP contribution in [-0.4, -0.2) is 66.5 Å². The molecule has 2 atom stereocenters. The van der Waals surface area contributed by atoms with Gasteiger partial charge in [0.2, 0.25) is 12.5 Å². The average molecular weight is 615 g/mol. The number of aldehydes is 1. The van der Waals surface area contributed by atoms with Gasteiger partial charge >= 0.3 is 5.97 Å². The van der Waals surface area contributed by atoms with E-state index in [9.17, 15) is 9.59 Å². The van der Waals surface area contributed by atoms with Crippen LogP contribution in [0, 0.1) is 5.92 Å². The Hall–Kier alpha value is -5.13. The van der Waals surface area contributed by atoms with Crippen LogP contribution in [0.4, 0.5) is 0 Å². The number of nitrogens with zero attached hydrogens (tertiary/aromatic N) is 4. The summed E-state index contributed by atoms with van der Waals surface area (Å²) in [7, 11) is 4.59. The van der Waals surface area contributed by atoms with Gasteiger partial charge in [-0.3, -0.25) is 9.59 Å². The molecule has 3 heterocycles. The van der Waals surface area contributed by atoms with Gasteiger partial charge in [-0.2, -0.15) is 0 Å². The number of esters is 1. The standard InChI is InChI=1S/C33H34N4O8/c1-40-27-12-21(13-28(41-2)31(27)42-3)29-23-14-26-25(44-19-45-26)11-20(23)10-22(16-38)30(29)33(39)43-9-7-5-4-6-8-37-18-36-24-15-34-17-35-32(24)37/h10-18,29-30H,4-9,19H2,1-3H3/t29-,30-/m1/s1. The van der Waals surface area contributed by atoms with Crippen LogP contribution in [0.1, 0.15) is 48.3 Å². The smallest absolute Gasteiger partial charge is 0.314 e. The Morgan fingerprint density at radius 1 is 0.978 bits per heavy atom. The van der Waals surface area contributed by atoms with E-state index in [0.29, 0.717) is 46.3 Å². The maximum atomic E-state index is 13.8. The fourth-order valence-electron chi connectivity index (χ4n) is 6.02.